The van der Waals surface area contributed by atoms with Gasteiger partial charge in [0.25, 0.3) is 5.91 Å². The van der Waals surface area contributed by atoms with Gasteiger partial charge in [-0.15, -0.1) is 0 Å². The Morgan fingerprint density at radius 2 is 1.35 bits per heavy atom. The van der Waals surface area contributed by atoms with Crippen molar-refractivity contribution >= 4 is 17.5 Å². The van der Waals surface area contributed by atoms with Crippen LogP contribution in [0.1, 0.15) is 20.7 Å². The highest BCUT2D eigenvalue weighted by molar-refractivity contribution is 6.00. The van der Waals surface area contributed by atoms with Crippen LogP contribution in [-0.4, -0.2) is 75.7 Å². The molecular weight excluding hydrogens is 306 g/mol. The molecule has 128 valence electrons. The maximum absolute atomic E-state index is 12.7. The van der Waals surface area contributed by atoms with Crippen molar-refractivity contribution in [2.24, 2.45) is 5.73 Å². The molecule has 0 saturated carbocycles. The second-order valence-corrected chi connectivity index (χ2v) is 4.96. The summed E-state index contributed by atoms with van der Waals surface area (Å²) in [7, 11) is 0. The fourth-order valence-corrected chi connectivity index (χ4v) is 2.16. The summed E-state index contributed by atoms with van der Waals surface area (Å²) in [6, 6.07) is 1.73. The van der Waals surface area contributed by atoms with Gasteiger partial charge in [-0.2, -0.15) is 0 Å². The van der Waals surface area contributed by atoms with Crippen LogP contribution in [0.2, 0.25) is 0 Å². The van der Waals surface area contributed by atoms with Gasteiger partial charge in [0, 0.05) is 16.8 Å². The Hall–Kier alpha value is -2.20. The Morgan fingerprint density at radius 1 is 0.913 bits per heavy atom. The van der Waals surface area contributed by atoms with Crippen LogP contribution in [0.15, 0.2) is 18.2 Å². The summed E-state index contributed by atoms with van der Waals surface area (Å²) in [5, 5.41) is 37.3. The van der Waals surface area contributed by atoms with Crippen LogP contribution in [0.4, 0.5) is 5.69 Å². The van der Waals surface area contributed by atoms with Gasteiger partial charge in [-0.05, 0) is 18.2 Å². The van der Waals surface area contributed by atoms with E-state index in [1.54, 1.807) is 0 Å². The first-order valence-corrected chi connectivity index (χ1v) is 6.86. The van der Waals surface area contributed by atoms with Crippen LogP contribution >= 0.6 is 0 Å². The number of nitrogens with two attached hydrogens (primary N) is 2. The van der Waals surface area contributed by atoms with Crippen molar-refractivity contribution in [3.05, 3.63) is 29.3 Å². The van der Waals surface area contributed by atoms with Crippen LogP contribution in [0.25, 0.3) is 0 Å². The first-order valence-electron chi connectivity index (χ1n) is 6.86. The summed E-state index contributed by atoms with van der Waals surface area (Å²) in [5.41, 5.74) is 10.9. The first-order chi connectivity index (χ1) is 10.9. The van der Waals surface area contributed by atoms with Gasteiger partial charge in [-0.25, -0.2) is 0 Å². The van der Waals surface area contributed by atoms with Crippen molar-refractivity contribution in [3.63, 3.8) is 0 Å². The fourth-order valence-electron chi connectivity index (χ4n) is 2.16. The molecule has 0 unspecified atom stereocenters. The molecule has 0 spiro atoms. The minimum atomic E-state index is -1.04. The summed E-state index contributed by atoms with van der Waals surface area (Å²) < 4.78 is 0. The van der Waals surface area contributed by atoms with Crippen LogP contribution in [0.5, 0.6) is 0 Å². The molecule has 0 heterocycles. The molecule has 1 rings (SSSR count). The van der Waals surface area contributed by atoms with E-state index in [0.29, 0.717) is 0 Å². The quantitative estimate of drug-likeness (QED) is 0.287. The number of nitrogen functional groups attached to an aromatic ring is 1. The number of primary amides is 1. The molecule has 1 aromatic rings. The predicted molar refractivity (Wildman–Crippen MR) is 81.5 cm³/mol. The normalized spacial score (nSPS) is 11.0. The van der Waals surface area contributed by atoms with E-state index in [2.05, 4.69) is 0 Å². The van der Waals surface area contributed by atoms with Gasteiger partial charge < -0.3 is 36.8 Å². The lowest BCUT2D eigenvalue weighted by molar-refractivity contribution is 0.00542. The van der Waals surface area contributed by atoms with Crippen molar-refractivity contribution in [3.8, 4) is 0 Å². The van der Waals surface area contributed by atoms with Crippen molar-refractivity contribution in [2.45, 2.75) is 12.1 Å². The van der Waals surface area contributed by atoms with Crippen LogP contribution in [0.3, 0.4) is 0 Å². The standard InChI is InChI=1S/C14H21N3O6/c15-10-2-8(13(16)22)1-9(3-10)14(23)17(11(4-18)5-19)12(6-20)7-21/h1-3,11-12,18-21H,4-7,15H2,(H2,16,22). The van der Waals surface area contributed by atoms with Gasteiger partial charge in [-0.1, -0.05) is 0 Å². The number of aliphatic hydroxyl groups excluding tert-OH is 4. The molecule has 0 radical (unpaired) electrons. The van der Waals surface area contributed by atoms with E-state index in [1.807, 2.05) is 0 Å². The number of benzene rings is 1. The minimum Gasteiger partial charge on any atom is -0.399 e. The zero-order chi connectivity index (χ0) is 17.6. The summed E-state index contributed by atoms with van der Waals surface area (Å²) in [4.78, 5) is 24.9. The molecule has 0 aliphatic carbocycles. The third-order valence-electron chi connectivity index (χ3n) is 3.35. The molecule has 8 N–H and O–H groups in total. The SMILES string of the molecule is NC(=O)c1cc(N)cc(C(=O)N(C(CO)CO)C(CO)CO)c1. The molecular formula is C14H21N3O6. The van der Waals surface area contributed by atoms with E-state index >= 15 is 0 Å². The Balaban J connectivity index is 3.31. The molecule has 0 aromatic heterocycles. The number of nitrogens with zero attached hydrogens (tertiary/aromatic N) is 1. The van der Waals surface area contributed by atoms with E-state index in [1.165, 1.54) is 18.2 Å². The molecule has 9 nitrogen and oxygen atoms in total. The molecule has 0 bridgehead atoms. The number of hydrogen-bond donors (Lipinski definition) is 6. The van der Waals surface area contributed by atoms with Gasteiger partial charge in [0.05, 0.1) is 38.5 Å². The molecule has 0 aliphatic heterocycles. The van der Waals surface area contributed by atoms with E-state index < -0.39 is 50.3 Å². The molecule has 0 aliphatic rings. The zero-order valence-corrected chi connectivity index (χ0v) is 12.4. The fraction of sp³-hybridized carbons (Fsp3) is 0.429. The molecule has 0 fully saturated rings. The summed E-state index contributed by atoms with van der Waals surface area (Å²) in [6.45, 7) is -2.32. The summed E-state index contributed by atoms with van der Waals surface area (Å²) >= 11 is 0. The highest BCUT2D eigenvalue weighted by Crippen LogP contribution is 2.17. The average Bonchev–Trinajstić information content (AvgIpc) is 2.54. The van der Waals surface area contributed by atoms with Crippen molar-refractivity contribution in [1.29, 1.82) is 0 Å². The first kappa shape index (κ1) is 18.8. The molecule has 0 atom stereocenters. The topological polar surface area (TPSA) is 170 Å². The number of carbonyl (C=O) groups is 2. The van der Waals surface area contributed by atoms with E-state index in [-0.39, 0.29) is 16.8 Å². The van der Waals surface area contributed by atoms with Crippen molar-refractivity contribution in [1.82, 2.24) is 4.90 Å². The molecule has 9 heteroatoms. The Kier molecular flexibility index (Phi) is 6.91. The van der Waals surface area contributed by atoms with Crippen LogP contribution in [0, 0.1) is 0 Å². The lowest BCUT2D eigenvalue weighted by Crippen LogP contribution is -2.53. The smallest absolute Gasteiger partial charge is 0.254 e. The van der Waals surface area contributed by atoms with E-state index in [4.69, 9.17) is 11.5 Å². The van der Waals surface area contributed by atoms with Gasteiger partial charge in [-0.3, -0.25) is 9.59 Å². The van der Waals surface area contributed by atoms with Gasteiger partial charge in [0.15, 0.2) is 0 Å². The average molecular weight is 327 g/mol. The lowest BCUT2D eigenvalue weighted by Gasteiger charge is -2.35. The summed E-state index contributed by atoms with van der Waals surface area (Å²) in [5.74, 6) is -1.50. The highest BCUT2D eigenvalue weighted by Gasteiger charge is 2.30. The second-order valence-electron chi connectivity index (χ2n) is 4.96. The largest absolute Gasteiger partial charge is 0.399 e. The number of carbonyl (C=O) groups excluding carboxylic acids is 2. The number of hydrogen-bond acceptors (Lipinski definition) is 7. The lowest BCUT2D eigenvalue weighted by atomic mass is 10.1. The van der Waals surface area contributed by atoms with Crippen LogP contribution < -0.4 is 11.5 Å². The van der Waals surface area contributed by atoms with Gasteiger partial charge in [0.2, 0.25) is 5.91 Å². The predicted octanol–water partition coefficient (Wildman–Crippen LogP) is -2.48. The Bertz CT molecular complexity index is 545. The maximum atomic E-state index is 12.7. The van der Waals surface area contributed by atoms with E-state index in [0.717, 1.165) is 4.90 Å². The van der Waals surface area contributed by atoms with Gasteiger partial charge >= 0.3 is 0 Å². The molecule has 1 aromatic carbocycles. The summed E-state index contributed by atoms with van der Waals surface area (Å²) in [6.07, 6.45) is 0. The van der Waals surface area contributed by atoms with Crippen LogP contribution in [-0.2, 0) is 0 Å². The van der Waals surface area contributed by atoms with Crippen molar-refractivity contribution < 1.29 is 30.0 Å². The highest BCUT2D eigenvalue weighted by atomic mass is 16.3. The molecule has 0 saturated heterocycles. The number of amides is 2. The molecule has 2 amide bonds. The number of anilines is 1. The monoisotopic (exact) mass is 327 g/mol. The van der Waals surface area contributed by atoms with Crippen molar-refractivity contribution in [2.75, 3.05) is 32.2 Å². The van der Waals surface area contributed by atoms with E-state index in [9.17, 15) is 30.0 Å². The minimum absolute atomic E-state index is 0.0161. The number of rotatable bonds is 8. The number of aliphatic hydroxyl groups is 4. The molecule has 23 heavy (non-hydrogen) atoms. The zero-order valence-electron chi connectivity index (χ0n) is 12.4. The second kappa shape index (κ2) is 8.44. The maximum Gasteiger partial charge on any atom is 0.254 e. The van der Waals surface area contributed by atoms with Gasteiger partial charge in [0.1, 0.15) is 0 Å². The Labute approximate surface area is 132 Å². The Morgan fingerprint density at radius 3 is 1.74 bits per heavy atom. The third-order valence-corrected chi connectivity index (χ3v) is 3.35. The third kappa shape index (κ3) is 4.39.